The first-order valence-electron chi connectivity index (χ1n) is 9.44. The minimum Gasteiger partial charge on any atom is -0.352 e. The molecule has 1 aromatic carbocycles. The van der Waals surface area contributed by atoms with E-state index in [-0.39, 0.29) is 11.8 Å². The van der Waals surface area contributed by atoms with Gasteiger partial charge in [0.05, 0.1) is 11.9 Å². The Kier molecular flexibility index (Phi) is 6.49. The van der Waals surface area contributed by atoms with Crippen molar-refractivity contribution in [3.05, 3.63) is 58.6 Å². The SMILES string of the molecule is CCCNC(=O)c1cn[nH]c1Nc1cc(-c2cc(Cl)ccc2F)ncc1C(C)C. The van der Waals surface area contributed by atoms with E-state index in [1.807, 2.05) is 20.8 Å². The summed E-state index contributed by atoms with van der Waals surface area (Å²) in [6, 6.07) is 6.10. The molecular formula is C21H23ClFN5O. The van der Waals surface area contributed by atoms with Gasteiger partial charge in [-0.15, -0.1) is 0 Å². The second kappa shape index (κ2) is 9.05. The molecule has 6 nitrogen and oxygen atoms in total. The number of nitrogens with zero attached hydrogens (tertiary/aromatic N) is 2. The van der Waals surface area contributed by atoms with Crippen LogP contribution in [0, 0.1) is 5.82 Å². The van der Waals surface area contributed by atoms with Gasteiger partial charge in [0.1, 0.15) is 17.2 Å². The second-order valence-corrected chi connectivity index (χ2v) is 7.41. The number of hydrogen-bond donors (Lipinski definition) is 3. The largest absolute Gasteiger partial charge is 0.352 e. The maximum absolute atomic E-state index is 14.3. The lowest BCUT2D eigenvalue weighted by atomic mass is 10.0. The molecule has 0 bridgehead atoms. The number of hydrogen-bond acceptors (Lipinski definition) is 4. The summed E-state index contributed by atoms with van der Waals surface area (Å²) in [5.74, 6) is -0.0107. The van der Waals surface area contributed by atoms with E-state index in [9.17, 15) is 9.18 Å². The summed E-state index contributed by atoms with van der Waals surface area (Å²) < 4.78 is 14.3. The number of aromatic amines is 1. The fraction of sp³-hybridized carbons (Fsp3) is 0.286. The number of H-pyrrole nitrogens is 1. The van der Waals surface area contributed by atoms with Crippen LogP contribution in [0.4, 0.5) is 15.9 Å². The molecule has 3 rings (SSSR count). The fourth-order valence-electron chi connectivity index (χ4n) is 2.90. The number of benzene rings is 1. The molecule has 0 aliphatic heterocycles. The van der Waals surface area contributed by atoms with Crippen molar-refractivity contribution in [2.75, 3.05) is 11.9 Å². The summed E-state index contributed by atoms with van der Waals surface area (Å²) in [7, 11) is 0. The Hall–Kier alpha value is -2.93. The van der Waals surface area contributed by atoms with Crippen molar-refractivity contribution >= 4 is 29.0 Å². The van der Waals surface area contributed by atoms with Gasteiger partial charge in [-0.05, 0) is 42.2 Å². The molecule has 2 heterocycles. The predicted octanol–water partition coefficient (Wildman–Crippen LogP) is 5.27. The van der Waals surface area contributed by atoms with E-state index in [1.165, 1.54) is 24.4 Å². The molecule has 0 radical (unpaired) electrons. The van der Waals surface area contributed by atoms with Crippen molar-refractivity contribution < 1.29 is 9.18 Å². The molecule has 8 heteroatoms. The van der Waals surface area contributed by atoms with E-state index in [0.29, 0.717) is 39.9 Å². The van der Waals surface area contributed by atoms with Crippen LogP contribution in [-0.2, 0) is 0 Å². The molecule has 0 fully saturated rings. The zero-order valence-corrected chi connectivity index (χ0v) is 17.3. The molecule has 0 aliphatic carbocycles. The van der Waals surface area contributed by atoms with Crippen LogP contribution in [0.1, 0.15) is 49.0 Å². The number of pyridine rings is 1. The Morgan fingerprint density at radius 1 is 1.28 bits per heavy atom. The van der Waals surface area contributed by atoms with E-state index in [4.69, 9.17) is 11.6 Å². The standard InChI is InChI=1S/C21H23ClFN5O/c1-4-7-24-21(29)16-11-26-28-20(16)27-19-9-18(25-10-15(19)12(2)3)14-8-13(22)5-6-17(14)23/h5-6,8-12H,4,7H2,1-3H3,(H,24,29)(H2,25,26,27,28). The summed E-state index contributed by atoms with van der Waals surface area (Å²) in [5.41, 5.74) is 2.78. The fourth-order valence-corrected chi connectivity index (χ4v) is 3.07. The summed E-state index contributed by atoms with van der Waals surface area (Å²) in [6.07, 6.45) is 4.01. The maximum atomic E-state index is 14.3. The third-order valence-corrected chi connectivity index (χ3v) is 4.68. The highest BCUT2D eigenvalue weighted by Gasteiger charge is 2.17. The van der Waals surface area contributed by atoms with Crippen molar-refractivity contribution in [3.8, 4) is 11.3 Å². The van der Waals surface area contributed by atoms with Gasteiger partial charge in [-0.1, -0.05) is 32.4 Å². The van der Waals surface area contributed by atoms with Gasteiger partial charge in [-0.3, -0.25) is 14.9 Å². The number of anilines is 2. The van der Waals surface area contributed by atoms with Gasteiger partial charge in [-0.2, -0.15) is 5.10 Å². The van der Waals surface area contributed by atoms with Gasteiger partial charge in [0.25, 0.3) is 5.91 Å². The molecule has 2 aromatic heterocycles. The predicted molar refractivity (Wildman–Crippen MR) is 113 cm³/mol. The second-order valence-electron chi connectivity index (χ2n) is 6.98. The molecule has 3 aromatic rings. The molecule has 152 valence electrons. The summed E-state index contributed by atoms with van der Waals surface area (Å²) >= 11 is 6.03. The Morgan fingerprint density at radius 2 is 2.07 bits per heavy atom. The lowest BCUT2D eigenvalue weighted by Crippen LogP contribution is -2.24. The molecular weight excluding hydrogens is 393 g/mol. The van der Waals surface area contributed by atoms with Gasteiger partial charge in [-0.25, -0.2) is 4.39 Å². The average Bonchev–Trinajstić information content (AvgIpc) is 3.16. The number of rotatable bonds is 7. The number of nitrogens with one attached hydrogen (secondary N) is 3. The Morgan fingerprint density at radius 3 is 2.79 bits per heavy atom. The number of halogens is 2. The molecule has 0 saturated carbocycles. The van der Waals surface area contributed by atoms with Gasteiger partial charge in [0.2, 0.25) is 0 Å². The minimum absolute atomic E-state index is 0.156. The van der Waals surface area contributed by atoms with Crippen molar-refractivity contribution in [2.24, 2.45) is 0 Å². The van der Waals surface area contributed by atoms with Gasteiger partial charge < -0.3 is 10.6 Å². The third kappa shape index (κ3) is 4.74. The van der Waals surface area contributed by atoms with Gasteiger partial charge >= 0.3 is 0 Å². The Labute approximate surface area is 173 Å². The third-order valence-electron chi connectivity index (χ3n) is 4.44. The summed E-state index contributed by atoms with van der Waals surface area (Å²) in [4.78, 5) is 16.8. The van der Waals surface area contributed by atoms with Crippen LogP contribution in [0.2, 0.25) is 5.02 Å². The Bertz CT molecular complexity index is 1020. The molecule has 3 N–H and O–H groups in total. The molecule has 0 aliphatic rings. The van der Waals surface area contributed by atoms with Crippen molar-refractivity contribution in [2.45, 2.75) is 33.1 Å². The lowest BCUT2D eigenvalue weighted by molar-refractivity contribution is 0.0954. The topological polar surface area (TPSA) is 82.7 Å². The average molecular weight is 416 g/mol. The maximum Gasteiger partial charge on any atom is 0.256 e. The number of carbonyl (C=O) groups is 1. The normalized spacial score (nSPS) is 11.0. The van der Waals surface area contributed by atoms with Crippen LogP contribution in [0.15, 0.2) is 36.7 Å². The van der Waals surface area contributed by atoms with E-state index in [0.717, 1.165) is 12.0 Å². The first-order chi connectivity index (χ1) is 13.9. The van der Waals surface area contributed by atoms with E-state index in [1.54, 1.807) is 12.3 Å². The smallest absolute Gasteiger partial charge is 0.256 e. The highest BCUT2D eigenvalue weighted by atomic mass is 35.5. The quantitative estimate of drug-likeness (QED) is 0.490. The van der Waals surface area contributed by atoms with Crippen LogP contribution >= 0.6 is 11.6 Å². The van der Waals surface area contributed by atoms with Crippen LogP contribution in [0.5, 0.6) is 0 Å². The van der Waals surface area contributed by atoms with Gasteiger partial charge in [0, 0.05) is 29.0 Å². The summed E-state index contributed by atoms with van der Waals surface area (Å²) in [6.45, 7) is 6.62. The molecule has 0 atom stereocenters. The van der Waals surface area contributed by atoms with Crippen molar-refractivity contribution in [1.82, 2.24) is 20.5 Å². The minimum atomic E-state index is -0.411. The van der Waals surface area contributed by atoms with Crippen molar-refractivity contribution in [3.63, 3.8) is 0 Å². The van der Waals surface area contributed by atoms with Crippen LogP contribution in [-0.4, -0.2) is 27.6 Å². The molecule has 29 heavy (non-hydrogen) atoms. The first-order valence-corrected chi connectivity index (χ1v) is 9.82. The zero-order valence-electron chi connectivity index (χ0n) is 16.5. The lowest BCUT2D eigenvalue weighted by Gasteiger charge is -2.16. The first kappa shape index (κ1) is 20.8. The molecule has 1 amide bonds. The number of amides is 1. The van der Waals surface area contributed by atoms with Gasteiger partial charge in [0.15, 0.2) is 0 Å². The summed E-state index contributed by atoms with van der Waals surface area (Å²) in [5, 5.41) is 13.3. The van der Waals surface area contributed by atoms with Crippen LogP contribution in [0.3, 0.4) is 0 Å². The Balaban J connectivity index is 2.00. The van der Waals surface area contributed by atoms with E-state index in [2.05, 4.69) is 25.8 Å². The molecule has 0 saturated heterocycles. The van der Waals surface area contributed by atoms with Crippen molar-refractivity contribution in [1.29, 1.82) is 0 Å². The molecule has 0 unspecified atom stereocenters. The van der Waals surface area contributed by atoms with E-state index >= 15 is 0 Å². The monoisotopic (exact) mass is 415 g/mol. The van der Waals surface area contributed by atoms with E-state index < -0.39 is 5.82 Å². The number of aromatic nitrogens is 3. The highest BCUT2D eigenvalue weighted by molar-refractivity contribution is 6.30. The van der Waals surface area contributed by atoms with Crippen LogP contribution < -0.4 is 10.6 Å². The van der Waals surface area contributed by atoms with Crippen LogP contribution in [0.25, 0.3) is 11.3 Å². The highest BCUT2D eigenvalue weighted by Crippen LogP contribution is 2.32. The zero-order chi connectivity index (χ0) is 21.0. The number of carbonyl (C=O) groups excluding carboxylic acids is 1. The molecule has 0 spiro atoms.